The summed E-state index contributed by atoms with van der Waals surface area (Å²) in [5.41, 5.74) is 3.83. The lowest BCUT2D eigenvalue weighted by Gasteiger charge is -2.23. The van der Waals surface area contributed by atoms with Crippen molar-refractivity contribution in [2.75, 3.05) is 0 Å². The molecule has 0 bridgehead atoms. The SMILES string of the molecule is C=C(c1ccc(C(=O)O)cc1)c1cc(C(C)C)n(C(C)(C)C)n1. The van der Waals surface area contributed by atoms with Crippen molar-refractivity contribution in [2.24, 2.45) is 0 Å². The summed E-state index contributed by atoms with van der Waals surface area (Å²) in [4.78, 5) is 10.9. The summed E-state index contributed by atoms with van der Waals surface area (Å²) in [7, 11) is 0. The summed E-state index contributed by atoms with van der Waals surface area (Å²) in [6, 6.07) is 8.80. The number of aromatic nitrogens is 2. The van der Waals surface area contributed by atoms with E-state index in [4.69, 9.17) is 10.2 Å². The van der Waals surface area contributed by atoms with E-state index in [9.17, 15) is 4.79 Å². The van der Waals surface area contributed by atoms with Gasteiger partial charge in [0.1, 0.15) is 0 Å². The fourth-order valence-electron chi connectivity index (χ4n) is 2.45. The largest absolute Gasteiger partial charge is 0.478 e. The van der Waals surface area contributed by atoms with E-state index >= 15 is 0 Å². The summed E-state index contributed by atoms with van der Waals surface area (Å²) in [6.45, 7) is 14.8. The second kappa shape index (κ2) is 6.03. The van der Waals surface area contributed by atoms with Gasteiger partial charge >= 0.3 is 5.97 Å². The Bertz CT molecular complexity index is 732. The van der Waals surface area contributed by atoms with Crippen LogP contribution in [-0.4, -0.2) is 20.9 Å². The minimum absolute atomic E-state index is 0.106. The van der Waals surface area contributed by atoms with E-state index in [0.717, 1.165) is 22.5 Å². The summed E-state index contributed by atoms with van der Waals surface area (Å²) in [5.74, 6) is -0.570. The lowest BCUT2D eigenvalue weighted by Crippen LogP contribution is -2.25. The number of nitrogens with zero attached hydrogens (tertiary/aromatic N) is 2. The number of hydrogen-bond acceptors (Lipinski definition) is 2. The smallest absolute Gasteiger partial charge is 0.335 e. The number of carboxylic acids is 1. The normalized spacial score (nSPS) is 11.7. The minimum atomic E-state index is -0.929. The van der Waals surface area contributed by atoms with Crippen LogP contribution in [0.1, 0.15) is 67.8 Å². The summed E-state index contributed by atoms with van der Waals surface area (Å²) < 4.78 is 2.05. The fourth-order valence-corrected chi connectivity index (χ4v) is 2.45. The van der Waals surface area contributed by atoms with Gasteiger partial charge in [0.15, 0.2) is 0 Å². The van der Waals surface area contributed by atoms with Crippen molar-refractivity contribution in [1.29, 1.82) is 0 Å². The first-order chi connectivity index (χ1) is 10.6. The number of benzene rings is 1. The van der Waals surface area contributed by atoms with E-state index in [1.807, 2.05) is 4.68 Å². The first kappa shape index (κ1) is 17.0. The Labute approximate surface area is 137 Å². The molecular formula is C19H24N2O2. The van der Waals surface area contributed by atoms with Crippen LogP contribution in [0.4, 0.5) is 0 Å². The molecule has 2 aromatic rings. The Morgan fingerprint density at radius 1 is 1.17 bits per heavy atom. The summed E-state index contributed by atoms with van der Waals surface area (Å²) in [6.07, 6.45) is 0. The van der Waals surface area contributed by atoms with Gasteiger partial charge in [0.05, 0.1) is 16.8 Å². The molecule has 1 N–H and O–H groups in total. The molecule has 4 heteroatoms. The third-order valence-electron chi connectivity index (χ3n) is 3.75. The van der Waals surface area contributed by atoms with Gasteiger partial charge in [-0.3, -0.25) is 4.68 Å². The van der Waals surface area contributed by atoms with Crippen LogP contribution in [0.15, 0.2) is 36.9 Å². The standard InChI is InChI=1S/C19H24N2O2/c1-12(2)17-11-16(20-21(17)19(4,5)6)13(3)14-7-9-15(10-8-14)18(22)23/h7-12H,3H2,1-2,4-6H3,(H,22,23). The molecule has 0 aliphatic carbocycles. The Balaban J connectivity index is 2.41. The Morgan fingerprint density at radius 2 is 1.70 bits per heavy atom. The molecule has 0 radical (unpaired) electrons. The first-order valence-corrected chi connectivity index (χ1v) is 7.74. The van der Waals surface area contributed by atoms with Crippen LogP contribution < -0.4 is 0 Å². The number of carbonyl (C=O) groups is 1. The van der Waals surface area contributed by atoms with Gasteiger partial charge in [-0.2, -0.15) is 5.10 Å². The monoisotopic (exact) mass is 312 g/mol. The zero-order chi connectivity index (χ0) is 17.4. The lowest BCUT2D eigenvalue weighted by molar-refractivity contribution is 0.0697. The van der Waals surface area contributed by atoms with E-state index in [0.29, 0.717) is 5.92 Å². The van der Waals surface area contributed by atoms with Crippen molar-refractivity contribution in [3.63, 3.8) is 0 Å². The molecule has 0 unspecified atom stereocenters. The topological polar surface area (TPSA) is 55.1 Å². The molecule has 0 aliphatic rings. The van der Waals surface area contributed by atoms with Crippen molar-refractivity contribution in [3.8, 4) is 0 Å². The van der Waals surface area contributed by atoms with Crippen LogP contribution in [-0.2, 0) is 5.54 Å². The van der Waals surface area contributed by atoms with Gasteiger partial charge in [0.2, 0.25) is 0 Å². The van der Waals surface area contributed by atoms with Gasteiger partial charge in [-0.25, -0.2) is 4.79 Å². The second-order valence-corrected chi connectivity index (χ2v) is 7.05. The van der Waals surface area contributed by atoms with Crippen LogP contribution in [0.2, 0.25) is 0 Å². The van der Waals surface area contributed by atoms with E-state index in [-0.39, 0.29) is 11.1 Å². The highest BCUT2D eigenvalue weighted by Gasteiger charge is 2.22. The summed E-state index contributed by atoms with van der Waals surface area (Å²) in [5, 5.41) is 13.7. The highest BCUT2D eigenvalue weighted by molar-refractivity contribution is 5.88. The maximum atomic E-state index is 10.9. The van der Waals surface area contributed by atoms with Gasteiger partial charge in [0.25, 0.3) is 0 Å². The van der Waals surface area contributed by atoms with Gasteiger partial charge in [-0.05, 0) is 50.5 Å². The molecular weight excluding hydrogens is 288 g/mol. The molecule has 0 spiro atoms. The fraction of sp³-hybridized carbons (Fsp3) is 0.368. The molecule has 4 nitrogen and oxygen atoms in total. The van der Waals surface area contributed by atoms with E-state index in [2.05, 4.69) is 47.3 Å². The predicted octanol–water partition coefficient (Wildman–Crippen LogP) is 4.52. The number of carboxylic acid groups (broad SMARTS) is 1. The Kier molecular flexibility index (Phi) is 4.46. The molecule has 1 aromatic carbocycles. The third-order valence-corrected chi connectivity index (χ3v) is 3.75. The first-order valence-electron chi connectivity index (χ1n) is 7.74. The van der Waals surface area contributed by atoms with Crippen molar-refractivity contribution in [1.82, 2.24) is 9.78 Å². The highest BCUT2D eigenvalue weighted by atomic mass is 16.4. The van der Waals surface area contributed by atoms with E-state index in [1.54, 1.807) is 24.3 Å². The third kappa shape index (κ3) is 3.52. The molecule has 23 heavy (non-hydrogen) atoms. The average molecular weight is 312 g/mol. The Morgan fingerprint density at radius 3 is 2.09 bits per heavy atom. The molecule has 0 atom stereocenters. The molecule has 0 fully saturated rings. The highest BCUT2D eigenvalue weighted by Crippen LogP contribution is 2.28. The molecule has 0 amide bonds. The van der Waals surface area contributed by atoms with Crippen molar-refractivity contribution in [3.05, 3.63) is 59.4 Å². The van der Waals surface area contributed by atoms with Gasteiger partial charge in [-0.15, -0.1) is 0 Å². The van der Waals surface area contributed by atoms with Crippen LogP contribution in [0, 0.1) is 0 Å². The average Bonchev–Trinajstić information content (AvgIpc) is 2.92. The van der Waals surface area contributed by atoms with E-state index < -0.39 is 5.97 Å². The van der Waals surface area contributed by atoms with Crippen molar-refractivity contribution >= 4 is 11.5 Å². The maximum absolute atomic E-state index is 10.9. The number of rotatable bonds is 4. The van der Waals surface area contributed by atoms with Gasteiger partial charge in [0, 0.05) is 11.3 Å². The van der Waals surface area contributed by atoms with Crippen LogP contribution in [0.3, 0.4) is 0 Å². The summed E-state index contributed by atoms with van der Waals surface area (Å²) >= 11 is 0. The molecule has 1 heterocycles. The lowest BCUT2D eigenvalue weighted by atomic mass is 10.0. The van der Waals surface area contributed by atoms with Crippen LogP contribution in [0.25, 0.3) is 5.57 Å². The second-order valence-electron chi connectivity index (χ2n) is 7.05. The maximum Gasteiger partial charge on any atom is 0.335 e. The molecule has 0 saturated carbocycles. The quantitative estimate of drug-likeness (QED) is 0.903. The van der Waals surface area contributed by atoms with E-state index in [1.165, 1.54) is 0 Å². The number of aromatic carboxylic acids is 1. The minimum Gasteiger partial charge on any atom is -0.478 e. The van der Waals surface area contributed by atoms with Crippen molar-refractivity contribution in [2.45, 2.75) is 46.1 Å². The molecule has 0 aliphatic heterocycles. The molecule has 122 valence electrons. The van der Waals surface area contributed by atoms with Gasteiger partial charge in [-0.1, -0.05) is 32.6 Å². The predicted molar refractivity (Wildman–Crippen MR) is 92.8 cm³/mol. The zero-order valence-corrected chi connectivity index (χ0v) is 14.4. The Hall–Kier alpha value is -2.36. The van der Waals surface area contributed by atoms with Crippen molar-refractivity contribution < 1.29 is 9.90 Å². The zero-order valence-electron chi connectivity index (χ0n) is 14.4. The molecule has 1 aromatic heterocycles. The van der Waals surface area contributed by atoms with Gasteiger partial charge < -0.3 is 5.11 Å². The van der Waals surface area contributed by atoms with Crippen LogP contribution >= 0.6 is 0 Å². The number of hydrogen-bond donors (Lipinski definition) is 1. The molecule has 2 rings (SSSR count). The van der Waals surface area contributed by atoms with Crippen LogP contribution in [0.5, 0.6) is 0 Å². The molecule has 0 saturated heterocycles.